The number of nitrogens with zero attached hydrogens (tertiary/aromatic N) is 1. The van der Waals surface area contributed by atoms with Crippen molar-refractivity contribution < 1.29 is 0 Å². The first kappa shape index (κ1) is 7.56. The molecular formula is C9H18N2. The molecule has 2 nitrogen and oxygen atoms in total. The fourth-order valence-corrected chi connectivity index (χ4v) is 2.24. The first-order valence-corrected chi connectivity index (χ1v) is 4.79. The van der Waals surface area contributed by atoms with E-state index < -0.39 is 0 Å². The van der Waals surface area contributed by atoms with Crippen molar-refractivity contribution in [2.45, 2.75) is 19.8 Å². The van der Waals surface area contributed by atoms with Crippen LogP contribution >= 0.6 is 0 Å². The molecule has 64 valence electrons. The van der Waals surface area contributed by atoms with Gasteiger partial charge in [0.05, 0.1) is 0 Å². The lowest BCUT2D eigenvalue weighted by molar-refractivity contribution is 0.250. The molecule has 0 amide bonds. The quantitative estimate of drug-likeness (QED) is 0.557. The van der Waals surface area contributed by atoms with Crippen LogP contribution in [0, 0.1) is 11.8 Å². The van der Waals surface area contributed by atoms with Crippen LogP contribution in [0.15, 0.2) is 0 Å². The van der Waals surface area contributed by atoms with E-state index in [0.29, 0.717) is 0 Å². The Kier molecular flexibility index (Phi) is 2.14. The number of nitrogens with one attached hydrogen (secondary N) is 1. The summed E-state index contributed by atoms with van der Waals surface area (Å²) < 4.78 is 0. The molecule has 2 fully saturated rings. The Morgan fingerprint density at radius 2 is 2.09 bits per heavy atom. The largest absolute Gasteiger partial charge is 0.304 e. The summed E-state index contributed by atoms with van der Waals surface area (Å²) in [5.74, 6) is 1.88. The van der Waals surface area contributed by atoms with Gasteiger partial charge in [-0.25, -0.2) is 0 Å². The number of hydrogen-bond donors (Lipinski definition) is 1. The van der Waals surface area contributed by atoms with Crippen LogP contribution in [-0.2, 0) is 0 Å². The average Bonchev–Trinajstić information content (AvgIpc) is 2.29. The lowest BCUT2D eigenvalue weighted by atomic mass is 9.90. The van der Waals surface area contributed by atoms with Gasteiger partial charge in [-0.2, -0.15) is 0 Å². The van der Waals surface area contributed by atoms with Crippen molar-refractivity contribution in [3.05, 3.63) is 0 Å². The molecule has 0 aliphatic carbocycles. The van der Waals surface area contributed by atoms with E-state index in [0.717, 1.165) is 18.5 Å². The molecule has 2 aliphatic heterocycles. The van der Waals surface area contributed by atoms with E-state index in [1.54, 1.807) is 0 Å². The first-order chi connectivity index (χ1) is 5.36. The van der Waals surface area contributed by atoms with Crippen LogP contribution in [0.5, 0.6) is 0 Å². The van der Waals surface area contributed by atoms with Crippen LogP contribution < -0.4 is 5.32 Å². The zero-order valence-electron chi connectivity index (χ0n) is 7.34. The van der Waals surface area contributed by atoms with Crippen LogP contribution in [0.3, 0.4) is 0 Å². The molecule has 2 heterocycles. The predicted octanol–water partition coefficient (Wildman–Crippen LogP) is 0.895. The molecule has 0 saturated carbocycles. The van der Waals surface area contributed by atoms with E-state index in [1.165, 1.54) is 32.5 Å². The summed E-state index contributed by atoms with van der Waals surface area (Å²) in [5, 5.41) is 3.51. The highest BCUT2D eigenvalue weighted by Crippen LogP contribution is 2.24. The molecule has 0 aromatic carbocycles. The molecular weight excluding hydrogens is 136 g/mol. The van der Waals surface area contributed by atoms with Crippen molar-refractivity contribution in [1.29, 1.82) is 0 Å². The molecule has 2 aliphatic rings. The van der Waals surface area contributed by atoms with Gasteiger partial charge < -0.3 is 5.32 Å². The highest BCUT2D eigenvalue weighted by atomic mass is 15.2. The lowest BCUT2D eigenvalue weighted by Crippen LogP contribution is -2.36. The van der Waals surface area contributed by atoms with Gasteiger partial charge in [-0.1, -0.05) is 6.92 Å². The average molecular weight is 154 g/mol. The Labute approximate surface area is 69.0 Å². The summed E-state index contributed by atoms with van der Waals surface area (Å²) >= 11 is 0. The molecule has 2 rings (SSSR count). The summed E-state index contributed by atoms with van der Waals surface area (Å²) in [5.41, 5.74) is 0. The molecule has 2 heteroatoms. The van der Waals surface area contributed by atoms with Gasteiger partial charge in [-0.3, -0.25) is 4.90 Å². The van der Waals surface area contributed by atoms with E-state index in [9.17, 15) is 0 Å². The second-order valence-electron chi connectivity index (χ2n) is 4.04. The fraction of sp³-hybridized carbons (Fsp3) is 1.00. The normalized spacial score (nSPS) is 45.0. The minimum Gasteiger partial charge on any atom is -0.304 e. The molecule has 0 radical (unpaired) electrons. The third-order valence-corrected chi connectivity index (χ3v) is 3.26. The Balaban J connectivity index is 2.05. The summed E-state index contributed by atoms with van der Waals surface area (Å²) in [4.78, 5) is 2.55. The zero-order chi connectivity index (χ0) is 7.68. The summed E-state index contributed by atoms with van der Waals surface area (Å²) in [7, 11) is 0. The van der Waals surface area contributed by atoms with Crippen molar-refractivity contribution in [3.8, 4) is 0 Å². The molecule has 11 heavy (non-hydrogen) atoms. The highest BCUT2D eigenvalue weighted by Gasteiger charge is 2.25. The van der Waals surface area contributed by atoms with Crippen molar-refractivity contribution in [3.63, 3.8) is 0 Å². The number of rotatable bonds is 0. The maximum absolute atomic E-state index is 3.51. The molecule has 0 spiro atoms. The molecule has 2 saturated heterocycles. The van der Waals surface area contributed by atoms with Gasteiger partial charge in [0, 0.05) is 6.67 Å². The molecule has 0 aromatic heterocycles. The van der Waals surface area contributed by atoms with Crippen molar-refractivity contribution >= 4 is 0 Å². The van der Waals surface area contributed by atoms with Crippen molar-refractivity contribution in [2.24, 2.45) is 11.8 Å². The topological polar surface area (TPSA) is 15.3 Å². The van der Waals surface area contributed by atoms with E-state index in [1.807, 2.05) is 0 Å². The Morgan fingerprint density at radius 3 is 3.00 bits per heavy atom. The fourth-order valence-electron chi connectivity index (χ4n) is 2.24. The number of hydrogen-bond acceptors (Lipinski definition) is 2. The summed E-state index contributed by atoms with van der Waals surface area (Å²) in [6.07, 6.45) is 2.82. The summed E-state index contributed by atoms with van der Waals surface area (Å²) in [6, 6.07) is 0. The highest BCUT2D eigenvalue weighted by molar-refractivity contribution is 4.79. The first-order valence-electron chi connectivity index (χ1n) is 4.79. The van der Waals surface area contributed by atoms with Gasteiger partial charge in [0.25, 0.3) is 0 Å². The van der Waals surface area contributed by atoms with Crippen LogP contribution in [-0.4, -0.2) is 31.2 Å². The van der Waals surface area contributed by atoms with Crippen LogP contribution in [0.4, 0.5) is 0 Å². The van der Waals surface area contributed by atoms with Gasteiger partial charge in [0.1, 0.15) is 0 Å². The zero-order valence-corrected chi connectivity index (χ0v) is 7.34. The second kappa shape index (κ2) is 3.11. The Hall–Kier alpha value is -0.0800. The van der Waals surface area contributed by atoms with E-state index in [2.05, 4.69) is 17.1 Å². The monoisotopic (exact) mass is 154 g/mol. The minimum absolute atomic E-state index is 0.938. The van der Waals surface area contributed by atoms with E-state index in [4.69, 9.17) is 0 Å². The molecule has 3 atom stereocenters. The molecule has 1 N–H and O–H groups in total. The van der Waals surface area contributed by atoms with Crippen molar-refractivity contribution in [1.82, 2.24) is 10.2 Å². The third-order valence-electron chi connectivity index (χ3n) is 3.26. The second-order valence-corrected chi connectivity index (χ2v) is 4.04. The predicted molar refractivity (Wildman–Crippen MR) is 46.3 cm³/mol. The maximum atomic E-state index is 3.51. The maximum Gasteiger partial charge on any atom is 0.0480 e. The molecule has 0 aromatic rings. The number of fused-ring (bicyclic) bond motifs is 3. The van der Waals surface area contributed by atoms with Gasteiger partial charge in [-0.15, -0.1) is 0 Å². The van der Waals surface area contributed by atoms with Crippen LogP contribution in [0.25, 0.3) is 0 Å². The van der Waals surface area contributed by atoms with E-state index in [-0.39, 0.29) is 0 Å². The smallest absolute Gasteiger partial charge is 0.0480 e. The van der Waals surface area contributed by atoms with Crippen LogP contribution in [0.1, 0.15) is 19.8 Å². The van der Waals surface area contributed by atoms with Gasteiger partial charge in [0.2, 0.25) is 0 Å². The Morgan fingerprint density at radius 1 is 1.27 bits per heavy atom. The Bertz CT molecular complexity index is 132. The molecule has 3 unspecified atom stereocenters. The van der Waals surface area contributed by atoms with Gasteiger partial charge >= 0.3 is 0 Å². The SMILES string of the molecule is CC1CCN2CCC1CNC2. The van der Waals surface area contributed by atoms with Crippen molar-refractivity contribution in [2.75, 3.05) is 26.3 Å². The van der Waals surface area contributed by atoms with Gasteiger partial charge in [0.15, 0.2) is 0 Å². The van der Waals surface area contributed by atoms with Crippen LogP contribution in [0.2, 0.25) is 0 Å². The standard InChI is InChI=1S/C9H18N2/c1-8-2-4-11-5-3-9(8)6-10-7-11/h8-10H,2-7H2,1H3. The van der Waals surface area contributed by atoms with E-state index >= 15 is 0 Å². The minimum atomic E-state index is 0.938. The lowest BCUT2D eigenvalue weighted by Gasteiger charge is -2.24. The third kappa shape index (κ3) is 1.57. The summed E-state index contributed by atoms with van der Waals surface area (Å²) in [6.45, 7) is 7.41. The van der Waals surface area contributed by atoms with Gasteiger partial charge in [-0.05, 0) is 44.3 Å². The molecule has 2 bridgehead atoms.